The van der Waals surface area contributed by atoms with Gasteiger partial charge in [0.1, 0.15) is 11.5 Å². The summed E-state index contributed by atoms with van der Waals surface area (Å²) in [7, 11) is 0. The van der Waals surface area contributed by atoms with Gasteiger partial charge in [-0.1, -0.05) is 24.3 Å². The predicted molar refractivity (Wildman–Crippen MR) is 112 cm³/mol. The molecule has 1 N–H and O–H groups in total. The molecule has 1 amide bonds. The summed E-state index contributed by atoms with van der Waals surface area (Å²) < 4.78 is 0. The summed E-state index contributed by atoms with van der Waals surface area (Å²) in [5.41, 5.74) is 2.36. The lowest BCUT2D eigenvalue weighted by atomic mass is 10.1. The molecule has 2 heterocycles. The van der Waals surface area contributed by atoms with Crippen molar-refractivity contribution in [3.8, 4) is 0 Å². The Hall–Kier alpha value is -3.67. The van der Waals surface area contributed by atoms with E-state index < -0.39 is 0 Å². The van der Waals surface area contributed by atoms with Crippen LogP contribution in [0.1, 0.15) is 25.1 Å². The van der Waals surface area contributed by atoms with Crippen molar-refractivity contribution in [2.75, 3.05) is 0 Å². The van der Waals surface area contributed by atoms with Crippen LogP contribution < -0.4 is 5.32 Å². The Bertz CT molecular complexity index is 1070. The standard InChI is InChI=1S/C22H21N5O/c1-15(2)21(27-22(23-3)19-6-4-5-10-25-19)26-20(28)13-16-7-8-18-14-24-11-9-17(18)12-16/h4-12,14H,3,13H2,1-2H3,(H,26,28)/b27-22-. The number of carbonyl (C=O) groups is 1. The van der Waals surface area contributed by atoms with E-state index in [0.717, 1.165) is 21.9 Å². The molecule has 28 heavy (non-hydrogen) atoms. The lowest BCUT2D eigenvalue weighted by molar-refractivity contribution is -0.119. The third kappa shape index (κ3) is 4.73. The van der Waals surface area contributed by atoms with Gasteiger partial charge in [-0.25, -0.2) is 9.98 Å². The zero-order valence-electron chi connectivity index (χ0n) is 15.9. The molecule has 0 aliphatic rings. The maximum atomic E-state index is 12.6. The number of nitrogens with one attached hydrogen (secondary N) is 1. The molecule has 6 heteroatoms. The van der Waals surface area contributed by atoms with Gasteiger partial charge in [0, 0.05) is 24.0 Å². The molecule has 6 nitrogen and oxygen atoms in total. The van der Waals surface area contributed by atoms with Crippen molar-refractivity contribution in [2.24, 2.45) is 9.98 Å². The molecule has 0 atom stereocenters. The quantitative estimate of drug-likeness (QED) is 0.549. The van der Waals surface area contributed by atoms with Crippen molar-refractivity contribution >= 4 is 29.2 Å². The van der Waals surface area contributed by atoms with Crippen LogP contribution in [0.2, 0.25) is 0 Å². The fourth-order valence-electron chi connectivity index (χ4n) is 2.64. The molecule has 0 aliphatic carbocycles. The van der Waals surface area contributed by atoms with E-state index in [1.807, 2.05) is 50.2 Å². The molecular formula is C22H21N5O. The van der Waals surface area contributed by atoms with Crippen LogP contribution in [0.5, 0.6) is 0 Å². The molecule has 0 aliphatic heterocycles. The van der Waals surface area contributed by atoms with E-state index in [4.69, 9.17) is 0 Å². The van der Waals surface area contributed by atoms with E-state index in [2.05, 4.69) is 32.0 Å². The van der Waals surface area contributed by atoms with Crippen LogP contribution in [0, 0.1) is 0 Å². The van der Waals surface area contributed by atoms with Gasteiger partial charge in [-0.05, 0) is 55.3 Å². The molecule has 3 aromatic rings. The number of pyridine rings is 2. The predicted octanol–water partition coefficient (Wildman–Crippen LogP) is 3.69. The van der Waals surface area contributed by atoms with Crippen LogP contribution in [0.25, 0.3) is 10.8 Å². The topological polar surface area (TPSA) is 79.6 Å². The Morgan fingerprint density at radius 2 is 1.96 bits per heavy atom. The van der Waals surface area contributed by atoms with Crippen LogP contribution in [-0.4, -0.2) is 28.4 Å². The highest BCUT2D eigenvalue weighted by Gasteiger charge is 2.10. The SMILES string of the molecule is C=N/C(=N\C(NC(=O)Cc1ccc2cnccc2c1)=C(C)C)c1ccccn1. The number of benzene rings is 1. The highest BCUT2D eigenvalue weighted by atomic mass is 16.1. The van der Waals surface area contributed by atoms with E-state index >= 15 is 0 Å². The number of aromatic nitrogens is 2. The van der Waals surface area contributed by atoms with Crippen LogP contribution >= 0.6 is 0 Å². The van der Waals surface area contributed by atoms with Crippen LogP contribution in [0.3, 0.4) is 0 Å². The average Bonchev–Trinajstić information content (AvgIpc) is 2.71. The number of allylic oxidation sites excluding steroid dienone is 1. The molecule has 0 spiro atoms. The Morgan fingerprint density at radius 1 is 1.11 bits per heavy atom. The number of amides is 1. The number of carbonyl (C=O) groups excluding carboxylic acids is 1. The van der Waals surface area contributed by atoms with Gasteiger partial charge in [-0.2, -0.15) is 0 Å². The van der Waals surface area contributed by atoms with E-state index in [1.165, 1.54) is 0 Å². The van der Waals surface area contributed by atoms with Gasteiger partial charge in [0.05, 0.1) is 6.42 Å². The third-order valence-electron chi connectivity index (χ3n) is 4.06. The maximum absolute atomic E-state index is 12.6. The molecule has 2 aromatic heterocycles. The van der Waals surface area contributed by atoms with Crippen molar-refractivity contribution in [2.45, 2.75) is 20.3 Å². The number of hydrogen-bond acceptors (Lipinski definition) is 4. The first-order valence-corrected chi connectivity index (χ1v) is 8.83. The number of rotatable bonds is 5. The molecular weight excluding hydrogens is 350 g/mol. The molecule has 0 bridgehead atoms. The Morgan fingerprint density at radius 3 is 2.68 bits per heavy atom. The molecule has 0 saturated carbocycles. The summed E-state index contributed by atoms with van der Waals surface area (Å²) in [6.45, 7) is 7.32. The summed E-state index contributed by atoms with van der Waals surface area (Å²) in [4.78, 5) is 29.3. The molecule has 0 fully saturated rings. The molecule has 0 saturated heterocycles. The minimum absolute atomic E-state index is 0.155. The lowest BCUT2D eigenvalue weighted by Gasteiger charge is -2.10. The van der Waals surface area contributed by atoms with Crippen LogP contribution in [-0.2, 0) is 11.2 Å². The fraction of sp³-hybridized carbons (Fsp3) is 0.136. The zero-order chi connectivity index (χ0) is 19.9. The molecule has 3 rings (SSSR count). The van der Waals surface area contributed by atoms with Crippen molar-refractivity contribution in [3.05, 3.63) is 83.7 Å². The maximum Gasteiger partial charge on any atom is 0.229 e. The van der Waals surface area contributed by atoms with E-state index in [0.29, 0.717) is 17.4 Å². The molecule has 1 aromatic carbocycles. The smallest absolute Gasteiger partial charge is 0.229 e. The Labute approximate surface area is 163 Å². The van der Waals surface area contributed by atoms with E-state index in [1.54, 1.807) is 24.7 Å². The largest absolute Gasteiger partial charge is 0.310 e. The van der Waals surface area contributed by atoms with Gasteiger partial charge < -0.3 is 5.32 Å². The summed E-state index contributed by atoms with van der Waals surface area (Å²) >= 11 is 0. The molecule has 0 unspecified atom stereocenters. The second-order valence-electron chi connectivity index (χ2n) is 6.44. The lowest BCUT2D eigenvalue weighted by Crippen LogP contribution is -2.25. The van der Waals surface area contributed by atoms with Gasteiger partial charge in [0.15, 0.2) is 5.84 Å². The number of hydrogen-bond donors (Lipinski definition) is 1. The van der Waals surface area contributed by atoms with Crippen molar-refractivity contribution in [3.63, 3.8) is 0 Å². The first-order chi connectivity index (χ1) is 13.6. The van der Waals surface area contributed by atoms with Crippen molar-refractivity contribution in [1.82, 2.24) is 15.3 Å². The van der Waals surface area contributed by atoms with Gasteiger partial charge in [-0.15, -0.1) is 0 Å². The van der Waals surface area contributed by atoms with E-state index in [-0.39, 0.29) is 12.3 Å². The number of aliphatic imine (C=N–C) groups is 2. The first-order valence-electron chi connectivity index (χ1n) is 8.83. The van der Waals surface area contributed by atoms with Crippen LogP contribution in [0.4, 0.5) is 0 Å². The van der Waals surface area contributed by atoms with Crippen molar-refractivity contribution < 1.29 is 4.79 Å². The second-order valence-corrected chi connectivity index (χ2v) is 6.44. The Balaban J connectivity index is 1.78. The third-order valence-corrected chi connectivity index (χ3v) is 4.06. The number of fused-ring (bicyclic) bond motifs is 1. The van der Waals surface area contributed by atoms with Gasteiger partial charge in [-0.3, -0.25) is 14.8 Å². The fourth-order valence-corrected chi connectivity index (χ4v) is 2.64. The van der Waals surface area contributed by atoms with E-state index in [9.17, 15) is 4.79 Å². The Kier molecular flexibility index (Phi) is 6.01. The molecule has 140 valence electrons. The van der Waals surface area contributed by atoms with Gasteiger partial charge >= 0.3 is 0 Å². The molecule has 0 radical (unpaired) electrons. The van der Waals surface area contributed by atoms with Gasteiger partial charge in [0.2, 0.25) is 5.91 Å². The normalized spacial score (nSPS) is 11.1. The first kappa shape index (κ1) is 19.1. The number of amidine groups is 1. The van der Waals surface area contributed by atoms with Gasteiger partial charge in [0.25, 0.3) is 0 Å². The highest BCUT2D eigenvalue weighted by molar-refractivity contribution is 6.00. The monoisotopic (exact) mass is 371 g/mol. The van der Waals surface area contributed by atoms with Crippen LogP contribution in [0.15, 0.2) is 82.4 Å². The summed E-state index contributed by atoms with van der Waals surface area (Å²) in [5.74, 6) is 0.649. The van der Waals surface area contributed by atoms with Crippen molar-refractivity contribution in [1.29, 1.82) is 0 Å². The zero-order valence-corrected chi connectivity index (χ0v) is 15.9. The minimum atomic E-state index is -0.155. The summed E-state index contributed by atoms with van der Waals surface area (Å²) in [6.07, 6.45) is 5.44. The highest BCUT2D eigenvalue weighted by Crippen LogP contribution is 2.15. The number of nitrogens with zero attached hydrogens (tertiary/aromatic N) is 4. The second kappa shape index (κ2) is 8.81. The minimum Gasteiger partial charge on any atom is -0.310 e. The average molecular weight is 371 g/mol. The summed E-state index contributed by atoms with van der Waals surface area (Å²) in [6, 6.07) is 13.3. The summed E-state index contributed by atoms with van der Waals surface area (Å²) in [5, 5.41) is 4.96.